The molecule has 4 fully saturated rings. The Morgan fingerprint density at radius 1 is 0.355 bits per heavy atom. The van der Waals surface area contributed by atoms with Crippen LogP contribution in [0, 0.1) is 23.7 Å². The quantitative estimate of drug-likeness (QED) is 0.166. The van der Waals surface area contributed by atoms with E-state index in [1.54, 1.807) is 11.1 Å². The molecule has 2 spiro atoms. The molecule has 0 saturated heterocycles. The molecule has 7 aliphatic rings. The fraction of sp³-hybridized carbons (Fsp3) is 0.189. The second-order valence-corrected chi connectivity index (χ2v) is 25.0. The van der Waals surface area contributed by atoms with Gasteiger partial charge < -0.3 is 4.90 Å². The number of benzene rings is 10. The molecule has 7 aliphatic carbocycles. The topological polar surface area (TPSA) is 3.24 Å². The summed E-state index contributed by atoms with van der Waals surface area (Å²) in [6.45, 7) is 4.83. The van der Waals surface area contributed by atoms with Gasteiger partial charge in [-0.1, -0.05) is 190 Å². The van der Waals surface area contributed by atoms with Gasteiger partial charge in [-0.2, -0.15) is 0 Å². The maximum absolute atomic E-state index is 2.69. The van der Waals surface area contributed by atoms with Crippen molar-refractivity contribution in [2.75, 3.05) is 4.90 Å². The van der Waals surface area contributed by atoms with Crippen molar-refractivity contribution in [3.8, 4) is 44.5 Å². The zero-order valence-corrected chi connectivity index (χ0v) is 43.9. The molecule has 0 unspecified atom stereocenters. The van der Waals surface area contributed by atoms with Crippen molar-refractivity contribution in [3.05, 3.63) is 269 Å². The highest BCUT2D eigenvalue weighted by molar-refractivity contribution is 7.25. The van der Waals surface area contributed by atoms with Crippen LogP contribution in [0.4, 0.5) is 17.1 Å². The van der Waals surface area contributed by atoms with Gasteiger partial charge in [0, 0.05) is 48.1 Å². The molecule has 364 valence electrons. The fourth-order valence-corrected chi connectivity index (χ4v) is 18.6. The number of thiophene rings is 1. The average Bonchev–Trinajstić information content (AvgIpc) is 4.21. The first-order valence-electron chi connectivity index (χ1n) is 28.0. The summed E-state index contributed by atoms with van der Waals surface area (Å²) in [7, 11) is 0. The second-order valence-electron chi connectivity index (χ2n) is 23.9. The van der Waals surface area contributed by atoms with E-state index in [4.69, 9.17) is 0 Å². The van der Waals surface area contributed by atoms with E-state index in [2.05, 4.69) is 243 Å². The summed E-state index contributed by atoms with van der Waals surface area (Å²) in [6.07, 6.45) is 6.81. The van der Waals surface area contributed by atoms with Gasteiger partial charge in [-0.15, -0.1) is 11.3 Å². The van der Waals surface area contributed by atoms with Crippen LogP contribution in [0.5, 0.6) is 0 Å². The van der Waals surface area contributed by atoms with Crippen LogP contribution >= 0.6 is 11.3 Å². The maximum atomic E-state index is 2.69. The summed E-state index contributed by atoms with van der Waals surface area (Å²) in [4.78, 5) is 2.60. The molecule has 0 amide bonds. The Balaban J connectivity index is 0.900. The summed E-state index contributed by atoms with van der Waals surface area (Å²) >= 11 is 1.89. The second kappa shape index (κ2) is 15.7. The van der Waals surface area contributed by atoms with E-state index in [-0.39, 0.29) is 10.8 Å². The van der Waals surface area contributed by atoms with Crippen LogP contribution in [0.3, 0.4) is 0 Å². The van der Waals surface area contributed by atoms with Crippen LogP contribution in [0.25, 0.3) is 64.7 Å². The molecule has 0 N–H and O–H groups in total. The van der Waals surface area contributed by atoms with Crippen molar-refractivity contribution in [2.45, 2.75) is 62.2 Å². The van der Waals surface area contributed by atoms with Crippen LogP contribution in [0.2, 0.25) is 0 Å². The Hall–Kier alpha value is -7.78. The molecular formula is C74H57NS. The fourth-order valence-electron chi connectivity index (χ4n) is 17.5. The first-order valence-corrected chi connectivity index (χ1v) is 28.8. The van der Waals surface area contributed by atoms with Crippen LogP contribution in [-0.2, 0) is 16.2 Å². The molecule has 1 aromatic heterocycles. The Morgan fingerprint density at radius 3 is 1.54 bits per heavy atom. The molecule has 10 aromatic carbocycles. The molecule has 2 heteroatoms. The smallest absolute Gasteiger partial charge is 0.0720 e. The predicted molar refractivity (Wildman–Crippen MR) is 318 cm³/mol. The normalized spacial score (nSPS) is 22.1. The van der Waals surface area contributed by atoms with Crippen LogP contribution in [0.15, 0.2) is 224 Å². The van der Waals surface area contributed by atoms with Gasteiger partial charge in [0.05, 0.1) is 5.41 Å². The van der Waals surface area contributed by atoms with Crippen molar-refractivity contribution in [3.63, 3.8) is 0 Å². The van der Waals surface area contributed by atoms with Gasteiger partial charge in [0.15, 0.2) is 0 Å². The number of hydrogen-bond donors (Lipinski definition) is 0. The number of anilines is 3. The minimum absolute atomic E-state index is 0.0293. The average molecular weight is 992 g/mol. The Labute approximate surface area is 450 Å². The SMILES string of the molecule is CC1(C)c2ccccc2-c2ccc(N(c3ccc(-c4ccccc4-c4cccc5sc6ccccc6c45)cc3)c3ccc4c(c3)C3(c5ccccc5-c5ccccc53)c3ccccc3C43C4CC5CC(C4)CC3C5)cc21. The summed E-state index contributed by atoms with van der Waals surface area (Å²) < 4.78 is 2.66. The van der Waals surface area contributed by atoms with E-state index in [9.17, 15) is 0 Å². The zero-order valence-electron chi connectivity index (χ0n) is 43.1. The van der Waals surface area contributed by atoms with Gasteiger partial charge in [-0.3, -0.25) is 0 Å². The van der Waals surface area contributed by atoms with Gasteiger partial charge in [-0.05, 0) is 193 Å². The lowest BCUT2D eigenvalue weighted by molar-refractivity contribution is -0.0440. The molecule has 1 heterocycles. The van der Waals surface area contributed by atoms with Crippen LogP contribution < -0.4 is 4.90 Å². The third-order valence-corrected chi connectivity index (χ3v) is 21.3. The standard InChI is InChI=1S/C74H57NS/c1-72(2)61-23-9-5-18-55(61)58-36-34-51(43-67(58)72)75(50-32-30-47(31-33-50)53-16-3-4-17-54(53)59-22-15-29-70-71(59)60-21-8-14-28-69(60)76-70)52-35-37-66-68(44-52)74(62-24-10-6-19-56(62)57-20-7-11-25-63(57)74)65-27-13-12-26-64(65)73(66)48-39-45-38-46(41-48)42-49(73)40-45/h3-37,43-46,48-49H,38-42H2,1-2H3. The minimum Gasteiger partial charge on any atom is -0.310 e. The summed E-state index contributed by atoms with van der Waals surface area (Å²) in [5, 5.41) is 2.67. The van der Waals surface area contributed by atoms with E-state index in [0.717, 1.165) is 17.5 Å². The molecular weight excluding hydrogens is 935 g/mol. The highest BCUT2D eigenvalue weighted by atomic mass is 32.1. The van der Waals surface area contributed by atoms with E-state index in [0.29, 0.717) is 11.8 Å². The molecule has 76 heavy (non-hydrogen) atoms. The molecule has 18 rings (SSSR count). The summed E-state index contributed by atoms with van der Waals surface area (Å²) in [5.41, 5.74) is 25.1. The molecule has 4 bridgehead atoms. The summed E-state index contributed by atoms with van der Waals surface area (Å²) in [6, 6.07) is 87.2. The van der Waals surface area contributed by atoms with Crippen LogP contribution in [0.1, 0.15) is 90.5 Å². The van der Waals surface area contributed by atoms with Crippen LogP contribution in [-0.4, -0.2) is 0 Å². The number of fused-ring (bicyclic) bond motifs is 15. The highest BCUT2D eigenvalue weighted by Crippen LogP contribution is 2.72. The molecule has 11 aromatic rings. The van der Waals surface area contributed by atoms with E-state index >= 15 is 0 Å². The van der Waals surface area contributed by atoms with Gasteiger partial charge >= 0.3 is 0 Å². The Kier molecular flexibility index (Phi) is 8.95. The van der Waals surface area contributed by atoms with Gasteiger partial charge in [0.25, 0.3) is 0 Å². The zero-order chi connectivity index (χ0) is 50.1. The predicted octanol–water partition coefficient (Wildman–Crippen LogP) is 19.6. The lowest BCUT2D eigenvalue weighted by Gasteiger charge is -2.65. The van der Waals surface area contributed by atoms with E-state index in [1.807, 2.05) is 11.3 Å². The van der Waals surface area contributed by atoms with Gasteiger partial charge in [0.1, 0.15) is 0 Å². The number of hydrogen-bond acceptors (Lipinski definition) is 2. The van der Waals surface area contributed by atoms with Crippen molar-refractivity contribution in [1.82, 2.24) is 0 Å². The first-order chi connectivity index (χ1) is 37.4. The van der Waals surface area contributed by atoms with Crippen molar-refractivity contribution in [2.24, 2.45) is 23.7 Å². The summed E-state index contributed by atoms with van der Waals surface area (Å²) in [5.74, 6) is 2.99. The lowest BCUT2D eigenvalue weighted by atomic mass is 9.38. The Bertz CT molecular complexity index is 4170. The third kappa shape index (κ3) is 5.60. The number of nitrogens with zero attached hydrogens (tertiary/aromatic N) is 1. The largest absolute Gasteiger partial charge is 0.310 e. The monoisotopic (exact) mass is 991 g/mol. The first kappa shape index (κ1) is 43.5. The Morgan fingerprint density at radius 2 is 0.842 bits per heavy atom. The van der Waals surface area contributed by atoms with Gasteiger partial charge in [-0.25, -0.2) is 0 Å². The van der Waals surface area contributed by atoms with Gasteiger partial charge in [0.2, 0.25) is 0 Å². The molecule has 1 nitrogen and oxygen atoms in total. The van der Waals surface area contributed by atoms with Crippen molar-refractivity contribution < 1.29 is 0 Å². The molecule has 4 saturated carbocycles. The number of rotatable bonds is 5. The molecule has 0 atom stereocenters. The molecule has 0 aliphatic heterocycles. The van der Waals surface area contributed by atoms with Crippen molar-refractivity contribution in [1.29, 1.82) is 0 Å². The lowest BCUT2D eigenvalue weighted by Crippen LogP contribution is -2.59. The highest BCUT2D eigenvalue weighted by Gasteiger charge is 2.64. The molecule has 0 radical (unpaired) electrons. The van der Waals surface area contributed by atoms with E-state index in [1.165, 1.54) is 142 Å². The minimum atomic E-state index is -0.480. The maximum Gasteiger partial charge on any atom is 0.0720 e. The third-order valence-electron chi connectivity index (χ3n) is 20.1. The van der Waals surface area contributed by atoms with E-state index < -0.39 is 5.41 Å². The van der Waals surface area contributed by atoms with Crippen molar-refractivity contribution >= 4 is 48.6 Å².